The van der Waals surface area contributed by atoms with Crippen molar-refractivity contribution in [1.29, 1.82) is 0 Å². The zero-order chi connectivity index (χ0) is 15.3. The number of ketones is 2. The topological polar surface area (TPSA) is 34.1 Å². The number of hydrogen-bond acceptors (Lipinski definition) is 2. The molecule has 20 heavy (non-hydrogen) atoms. The molecule has 2 atom stereocenters. The lowest BCUT2D eigenvalue weighted by molar-refractivity contribution is -0.125. The zero-order valence-electron chi connectivity index (χ0n) is 12.7. The summed E-state index contributed by atoms with van der Waals surface area (Å²) in [4.78, 5) is 24.1. The summed E-state index contributed by atoms with van der Waals surface area (Å²) in [5.41, 5.74) is 2.26. The maximum absolute atomic E-state index is 14.2. The summed E-state index contributed by atoms with van der Waals surface area (Å²) in [6.45, 7) is 7.41. The molecule has 0 aliphatic heterocycles. The highest BCUT2D eigenvalue weighted by Crippen LogP contribution is 2.21. The van der Waals surface area contributed by atoms with Gasteiger partial charge in [-0.25, -0.2) is 4.39 Å². The molecule has 0 N–H and O–H groups in total. The van der Waals surface area contributed by atoms with E-state index in [0.29, 0.717) is 18.4 Å². The third-order valence-electron chi connectivity index (χ3n) is 3.85. The molecule has 1 rings (SSSR count). The highest BCUT2D eigenvalue weighted by Gasteiger charge is 2.31. The van der Waals surface area contributed by atoms with Gasteiger partial charge in [-0.3, -0.25) is 9.59 Å². The summed E-state index contributed by atoms with van der Waals surface area (Å²) < 4.78 is 14.2. The van der Waals surface area contributed by atoms with Crippen molar-refractivity contribution in [2.45, 2.75) is 53.1 Å². The predicted octanol–water partition coefficient (Wildman–Crippen LogP) is 3.95. The van der Waals surface area contributed by atoms with Crippen LogP contribution in [0.2, 0.25) is 0 Å². The smallest absolute Gasteiger partial charge is 0.221 e. The molecule has 0 amide bonds. The van der Waals surface area contributed by atoms with Gasteiger partial charge in [0.1, 0.15) is 0 Å². The van der Waals surface area contributed by atoms with Crippen molar-refractivity contribution in [1.82, 2.24) is 0 Å². The number of alkyl halides is 1. The van der Waals surface area contributed by atoms with Crippen molar-refractivity contribution in [3.63, 3.8) is 0 Å². The van der Waals surface area contributed by atoms with Crippen LogP contribution in [0.15, 0.2) is 18.2 Å². The molecule has 0 bridgehead atoms. The SMILES string of the molecule is CCc1cccc(C(=O)C(F)C(=O)C(C)CC)c1CC. The summed E-state index contributed by atoms with van der Waals surface area (Å²) in [5, 5.41) is 0. The number of rotatable bonds is 7. The Morgan fingerprint density at radius 1 is 1.15 bits per heavy atom. The van der Waals surface area contributed by atoms with E-state index in [4.69, 9.17) is 0 Å². The fourth-order valence-corrected chi connectivity index (χ4v) is 2.33. The molecule has 0 heterocycles. The van der Waals surface area contributed by atoms with Crippen LogP contribution in [0, 0.1) is 5.92 Å². The maximum atomic E-state index is 14.2. The zero-order valence-corrected chi connectivity index (χ0v) is 12.7. The minimum absolute atomic E-state index is 0.357. The Morgan fingerprint density at radius 3 is 2.30 bits per heavy atom. The summed E-state index contributed by atoms with van der Waals surface area (Å²) >= 11 is 0. The number of Topliss-reactive ketones (excluding diaryl/α,β-unsaturated/α-hetero) is 2. The molecule has 0 saturated heterocycles. The van der Waals surface area contributed by atoms with Gasteiger partial charge in [-0.2, -0.15) is 0 Å². The van der Waals surface area contributed by atoms with Gasteiger partial charge in [0.2, 0.25) is 12.0 Å². The van der Waals surface area contributed by atoms with Gasteiger partial charge in [0.15, 0.2) is 5.78 Å². The Kier molecular flexibility index (Phi) is 6.05. The van der Waals surface area contributed by atoms with E-state index in [0.717, 1.165) is 17.5 Å². The van der Waals surface area contributed by atoms with Gasteiger partial charge in [-0.05, 0) is 30.4 Å². The second-order valence-corrected chi connectivity index (χ2v) is 5.09. The van der Waals surface area contributed by atoms with Crippen molar-refractivity contribution >= 4 is 11.6 Å². The molecule has 0 fully saturated rings. The molecule has 1 aromatic carbocycles. The summed E-state index contributed by atoms with van der Waals surface area (Å²) in [7, 11) is 0. The van der Waals surface area contributed by atoms with E-state index in [1.54, 1.807) is 19.1 Å². The first-order chi connectivity index (χ1) is 9.47. The van der Waals surface area contributed by atoms with Crippen LogP contribution >= 0.6 is 0 Å². The van der Waals surface area contributed by atoms with E-state index in [2.05, 4.69) is 0 Å². The minimum Gasteiger partial charge on any atom is -0.296 e. The van der Waals surface area contributed by atoms with Gasteiger partial charge in [-0.15, -0.1) is 0 Å². The minimum atomic E-state index is -2.04. The number of aryl methyl sites for hydroxylation is 1. The predicted molar refractivity (Wildman–Crippen MR) is 78.9 cm³/mol. The lowest BCUT2D eigenvalue weighted by Crippen LogP contribution is -2.31. The van der Waals surface area contributed by atoms with Gasteiger partial charge < -0.3 is 0 Å². The highest BCUT2D eigenvalue weighted by atomic mass is 19.1. The van der Waals surface area contributed by atoms with Gasteiger partial charge in [0.05, 0.1) is 0 Å². The molecule has 1 aromatic rings. The molecule has 0 radical (unpaired) electrons. The molecule has 2 nitrogen and oxygen atoms in total. The lowest BCUT2D eigenvalue weighted by Gasteiger charge is -2.15. The number of halogens is 1. The van der Waals surface area contributed by atoms with Crippen molar-refractivity contribution in [3.8, 4) is 0 Å². The number of benzene rings is 1. The molecular formula is C17H23FO2. The summed E-state index contributed by atoms with van der Waals surface area (Å²) in [6, 6.07) is 5.32. The van der Waals surface area contributed by atoms with E-state index in [1.165, 1.54) is 0 Å². The van der Waals surface area contributed by atoms with Crippen molar-refractivity contribution in [3.05, 3.63) is 34.9 Å². The molecule has 0 aromatic heterocycles. The van der Waals surface area contributed by atoms with Gasteiger partial charge >= 0.3 is 0 Å². The van der Waals surface area contributed by atoms with Crippen LogP contribution in [0.3, 0.4) is 0 Å². The first-order valence-electron chi connectivity index (χ1n) is 7.30. The molecule has 2 unspecified atom stereocenters. The second-order valence-electron chi connectivity index (χ2n) is 5.09. The van der Waals surface area contributed by atoms with Crippen LogP contribution in [-0.2, 0) is 17.6 Å². The van der Waals surface area contributed by atoms with E-state index < -0.39 is 23.7 Å². The van der Waals surface area contributed by atoms with E-state index >= 15 is 0 Å². The molecular weight excluding hydrogens is 255 g/mol. The highest BCUT2D eigenvalue weighted by molar-refractivity contribution is 6.14. The fourth-order valence-electron chi connectivity index (χ4n) is 2.33. The third kappa shape index (κ3) is 3.33. The van der Waals surface area contributed by atoms with Crippen LogP contribution in [-0.4, -0.2) is 17.7 Å². The van der Waals surface area contributed by atoms with Crippen LogP contribution in [0.1, 0.15) is 55.6 Å². The van der Waals surface area contributed by atoms with Crippen LogP contribution in [0.5, 0.6) is 0 Å². The number of hydrogen-bond donors (Lipinski definition) is 0. The van der Waals surface area contributed by atoms with Crippen molar-refractivity contribution in [2.75, 3.05) is 0 Å². The lowest BCUT2D eigenvalue weighted by atomic mass is 9.90. The van der Waals surface area contributed by atoms with E-state index in [-0.39, 0.29) is 0 Å². The number of carbonyl (C=O) groups is 2. The maximum Gasteiger partial charge on any atom is 0.221 e. The Morgan fingerprint density at radius 2 is 1.80 bits per heavy atom. The largest absolute Gasteiger partial charge is 0.296 e. The molecule has 110 valence electrons. The quantitative estimate of drug-likeness (QED) is 0.559. The van der Waals surface area contributed by atoms with Crippen LogP contribution < -0.4 is 0 Å². The Bertz CT molecular complexity index is 494. The summed E-state index contributed by atoms with van der Waals surface area (Å²) in [5.74, 6) is -1.72. The molecule has 0 aliphatic carbocycles. The first kappa shape index (κ1) is 16.5. The monoisotopic (exact) mass is 278 g/mol. The first-order valence-corrected chi connectivity index (χ1v) is 7.30. The standard InChI is InChI=1S/C17H23FO2/c1-5-11(4)16(19)15(18)17(20)14-10-8-9-12(6-2)13(14)7-3/h8-11,15H,5-7H2,1-4H3. The molecule has 0 saturated carbocycles. The Labute approximate surface area is 120 Å². The average Bonchev–Trinajstić information content (AvgIpc) is 2.50. The molecule has 3 heteroatoms. The van der Waals surface area contributed by atoms with Crippen LogP contribution in [0.25, 0.3) is 0 Å². The molecule has 0 aliphatic rings. The second kappa shape index (κ2) is 7.32. The van der Waals surface area contributed by atoms with E-state index in [9.17, 15) is 14.0 Å². The van der Waals surface area contributed by atoms with E-state index in [1.807, 2.05) is 26.8 Å². The average molecular weight is 278 g/mol. The fraction of sp³-hybridized carbons (Fsp3) is 0.529. The third-order valence-corrected chi connectivity index (χ3v) is 3.85. The normalized spacial score (nSPS) is 13.8. The Hall–Kier alpha value is -1.51. The van der Waals surface area contributed by atoms with Crippen molar-refractivity contribution in [2.24, 2.45) is 5.92 Å². The molecule has 0 spiro atoms. The summed E-state index contributed by atoms with van der Waals surface area (Å²) in [6.07, 6.45) is -0.0414. The number of carbonyl (C=O) groups excluding carboxylic acids is 2. The van der Waals surface area contributed by atoms with Gasteiger partial charge in [0.25, 0.3) is 0 Å². The van der Waals surface area contributed by atoms with Gasteiger partial charge in [0, 0.05) is 11.5 Å². The van der Waals surface area contributed by atoms with Crippen LogP contribution in [0.4, 0.5) is 4.39 Å². The Balaban J connectivity index is 3.12. The van der Waals surface area contributed by atoms with Crippen molar-refractivity contribution < 1.29 is 14.0 Å². The van der Waals surface area contributed by atoms with Gasteiger partial charge in [-0.1, -0.05) is 45.9 Å².